The number of nitrogens with zero attached hydrogens (tertiary/aromatic N) is 4. The second-order valence-corrected chi connectivity index (χ2v) is 23.4. The highest BCUT2D eigenvalue weighted by atomic mass is 32.1. The number of aryl methyl sites for hydroxylation is 1. The summed E-state index contributed by atoms with van der Waals surface area (Å²) in [6.07, 6.45) is 34.7. The Hall–Kier alpha value is -4.14. The van der Waals surface area contributed by atoms with E-state index in [1.807, 2.05) is 12.1 Å². The normalized spacial score (nSPS) is 14.1. The first-order valence-electron chi connectivity index (χ1n) is 29.1. The summed E-state index contributed by atoms with van der Waals surface area (Å²) in [5.41, 5.74) is 7.26. The van der Waals surface area contributed by atoms with Gasteiger partial charge in [-0.1, -0.05) is 224 Å². The Morgan fingerprint density at radius 3 is 1.08 bits per heavy atom. The van der Waals surface area contributed by atoms with E-state index >= 15 is 9.59 Å². The van der Waals surface area contributed by atoms with E-state index in [0.717, 1.165) is 67.8 Å². The Balaban J connectivity index is 1.43. The van der Waals surface area contributed by atoms with Crippen LogP contribution in [0.3, 0.4) is 0 Å². The zero-order chi connectivity index (χ0) is 50.9. The van der Waals surface area contributed by atoms with E-state index in [0.29, 0.717) is 36.1 Å². The number of hydrogen-bond donors (Lipinski definition) is 0. The van der Waals surface area contributed by atoms with Crippen molar-refractivity contribution >= 4 is 51.6 Å². The summed E-state index contributed by atoms with van der Waals surface area (Å²) in [6.45, 7) is 12.6. The highest BCUT2D eigenvalue weighted by Gasteiger charge is 2.50. The van der Waals surface area contributed by atoms with Gasteiger partial charge in [-0.25, -0.2) is 0 Å². The molecule has 4 aromatic rings. The number of carbonyl (C=O) groups is 2. The number of rotatable bonds is 37. The number of thiophene rings is 2. The maximum atomic E-state index is 15.9. The molecule has 72 heavy (non-hydrogen) atoms. The smallest absolute Gasteiger partial charge is 0.261 e. The van der Waals surface area contributed by atoms with Crippen LogP contribution in [0.25, 0.3) is 32.3 Å². The monoisotopic (exact) mass is 1010 g/mol. The van der Waals surface area contributed by atoms with Crippen LogP contribution >= 0.6 is 22.7 Å². The van der Waals surface area contributed by atoms with Crippen molar-refractivity contribution in [2.75, 3.05) is 20.1 Å². The molecule has 0 unspecified atom stereocenters. The number of amides is 2. The van der Waals surface area contributed by atoms with Crippen LogP contribution in [0.15, 0.2) is 94.2 Å². The molecule has 0 atom stereocenters. The summed E-state index contributed by atoms with van der Waals surface area (Å²) >= 11 is 3.43. The van der Waals surface area contributed by atoms with Crippen LogP contribution < -0.4 is 0 Å². The summed E-state index contributed by atoms with van der Waals surface area (Å²) in [5, 5.41) is 8.24. The molecule has 4 heterocycles. The minimum absolute atomic E-state index is 0.0136. The molecule has 2 aromatic carbocycles. The van der Waals surface area contributed by atoms with Crippen molar-refractivity contribution in [3.8, 4) is 20.9 Å². The van der Waals surface area contributed by atoms with Gasteiger partial charge in [-0.15, -0.1) is 22.7 Å². The first-order chi connectivity index (χ1) is 35.3. The molecule has 2 aromatic heterocycles. The molecule has 392 valence electrons. The molecule has 0 saturated carbocycles. The fourth-order valence-corrected chi connectivity index (χ4v) is 13.2. The summed E-state index contributed by atoms with van der Waals surface area (Å²) in [4.78, 5) is 40.2. The molecule has 0 radical (unpaired) electrons. The first-order valence-corrected chi connectivity index (χ1v) is 30.7. The van der Waals surface area contributed by atoms with Gasteiger partial charge < -0.3 is 9.80 Å². The van der Waals surface area contributed by atoms with Crippen molar-refractivity contribution in [2.45, 2.75) is 214 Å². The van der Waals surface area contributed by atoms with Crippen LogP contribution in [0.4, 0.5) is 5.69 Å². The zero-order valence-corrected chi connectivity index (χ0v) is 47.4. The third-order valence-corrected chi connectivity index (χ3v) is 17.6. The van der Waals surface area contributed by atoms with Crippen LogP contribution in [-0.4, -0.2) is 41.8 Å². The number of carbonyl (C=O) groups excluding carboxylic acids is 2. The summed E-state index contributed by atoms with van der Waals surface area (Å²) in [7, 11) is 1.70. The lowest BCUT2D eigenvalue weighted by atomic mass is 9.93. The predicted molar refractivity (Wildman–Crippen MR) is 311 cm³/mol. The van der Waals surface area contributed by atoms with E-state index in [1.165, 1.54) is 165 Å². The standard InChI is InChI=1S/C64H92N4O2S2/c1-7-11-15-19-23-27-31-50(32-28-24-20-16-12-8-2)47-67-61(57-45-43-55(71-57)52-37-35-49(5)36-38-52)59-60(64(67)70)62(58-46-44-56(72-58)53-39-41-54(42-40-53)66-65-6)68(63(59)69)48-51(33-29-25-21-17-13-9-3)34-30-26-22-18-14-10-4/h35-46,50-51H,7-34,47-48H2,1-6H3. The van der Waals surface area contributed by atoms with E-state index in [4.69, 9.17) is 0 Å². The zero-order valence-electron chi connectivity index (χ0n) is 45.7. The van der Waals surface area contributed by atoms with Gasteiger partial charge >= 0.3 is 0 Å². The van der Waals surface area contributed by atoms with Crippen LogP contribution in [0.5, 0.6) is 0 Å². The Kier molecular flexibility index (Phi) is 25.0. The molecule has 0 aliphatic carbocycles. The van der Waals surface area contributed by atoms with Gasteiger partial charge in [-0.2, -0.15) is 10.2 Å². The lowest BCUT2D eigenvalue weighted by Gasteiger charge is -2.29. The van der Waals surface area contributed by atoms with Crippen molar-refractivity contribution in [3.05, 3.63) is 99.3 Å². The molecule has 6 rings (SSSR count). The Labute approximate surface area is 445 Å². The van der Waals surface area contributed by atoms with E-state index in [9.17, 15) is 0 Å². The summed E-state index contributed by atoms with van der Waals surface area (Å²) in [6, 6.07) is 25.7. The maximum Gasteiger partial charge on any atom is 0.261 e. The van der Waals surface area contributed by atoms with Gasteiger partial charge in [0.25, 0.3) is 11.8 Å². The molecule has 2 amide bonds. The van der Waals surface area contributed by atoms with Crippen molar-refractivity contribution in [3.63, 3.8) is 0 Å². The third kappa shape index (κ3) is 16.7. The number of hydrogen-bond acceptors (Lipinski definition) is 6. The minimum atomic E-state index is 0.0136. The maximum absolute atomic E-state index is 15.9. The van der Waals surface area contributed by atoms with E-state index in [1.54, 1.807) is 29.7 Å². The quantitative estimate of drug-likeness (QED) is 0.0334. The fraction of sp³-hybridized carbons (Fsp3) is 0.594. The first kappa shape index (κ1) is 57.1. The third-order valence-electron chi connectivity index (χ3n) is 15.3. The largest absolute Gasteiger partial charge is 0.306 e. The minimum Gasteiger partial charge on any atom is -0.306 e. The highest BCUT2D eigenvalue weighted by Crippen LogP contribution is 2.51. The molecular weight excluding hydrogens is 921 g/mol. The lowest BCUT2D eigenvalue weighted by molar-refractivity contribution is -0.124. The van der Waals surface area contributed by atoms with E-state index in [2.05, 4.69) is 115 Å². The fourth-order valence-electron chi connectivity index (χ4n) is 11.0. The Morgan fingerprint density at radius 1 is 0.417 bits per heavy atom. The SMILES string of the molecule is CCCCCCCCC(CCCCCCCC)CN1C(=O)C2=C(c3ccc(-c4ccc(N=NC)cc4)s3)N(CC(CCCCCCCC)CCCCCCCC)C(=O)C2=C1c1ccc(-c2ccc(C)cc2)s1. The second kappa shape index (κ2) is 31.6. The molecule has 0 spiro atoms. The molecule has 2 aliphatic rings. The van der Waals surface area contributed by atoms with Crippen LogP contribution in [0.1, 0.15) is 223 Å². The van der Waals surface area contributed by atoms with Gasteiger partial charge in [-0.05, 0) is 92.0 Å². The Morgan fingerprint density at radius 2 is 0.736 bits per heavy atom. The molecule has 8 heteroatoms. The number of benzene rings is 2. The van der Waals surface area contributed by atoms with Crippen molar-refractivity contribution in [2.24, 2.45) is 22.1 Å². The molecule has 0 saturated heterocycles. The molecule has 0 bridgehead atoms. The van der Waals surface area contributed by atoms with E-state index in [-0.39, 0.29) is 11.8 Å². The number of unbranched alkanes of at least 4 members (excludes halogenated alkanes) is 20. The van der Waals surface area contributed by atoms with Crippen molar-refractivity contribution in [1.29, 1.82) is 0 Å². The van der Waals surface area contributed by atoms with Gasteiger partial charge in [-0.3, -0.25) is 9.59 Å². The van der Waals surface area contributed by atoms with E-state index < -0.39 is 0 Å². The molecule has 2 aliphatic heterocycles. The second-order valence-electron chi connectivity index (χ2n) is 21.3. The van der Waals surface area contributed by atoms with Gasteiger partial charge in [0.15, 0.2) is 0 Å². The number of fused-ring (bicyclic) bond motifs is 1. The van der Waals surface area contributed by atoms with Crippen LogP contribution in [0, 0.1) is 18.8 Å². The molecule has 6 nitrogen and oxygen atoms in total. The molecule has 0 fully saturated rings. The topological polar surface area (TPSA) is 65.3 Å². The van der Waals surface area contributed by atoms with Gasteiger partial charge in [0, 0.05) is 29.9 Å². The van der Waals surface area contributed by atoms with Gasteiger partial charge in [0.1, 0.15) is 0 Å². The van der Waals surface area contributed by atoms with Crippen molar-refractivity contribution in [1.82, 2.24) is 9.80 Å². The van der Waals surface area contributed by atoms with Crippen LogP contribution in [0.2, 0.25) is 0 Å². The van der Waals surface area contributed by atoms with Gasteiger partial charge in [0.2, 0.25) is 0 Å². The Bertz CT molecular complexity index is 2280. The molecule has 0 N–H and O–H groups in total. The average Bonchev–Trinajstić information content (AvgIpc) is 4.19. The van der Waals surface area contributed by atoms with Crippen LogP contribution in [-0.2, 0) is 9.59 Å². The average molecular weight is 1010 g/mol. The summed E-state index contributed by atoms with van der Waals surface area (Å²) in [5.74, 6) is 0.763. The highest BCUT2D eigenvalue weighted by molar-refractivity contribution is 7.17. The van der Waals surface area contributed by atoms with Gasteiger partial charge in [0.05, 0.1) is 38.0 Å². The predicted octanol–water partition coefficient (Wildman–Crippen LogP) is 20.2. The molecular formula is C64H92N4O2S2. The van der Waals surface area contributed by atoms with Crippen molar-refractivity contribution < 1.29 is 9.59 Å². The lowest BCUT2D eigenvalue weighted by Crippen LogP contribution is -2.34. The number of azo groups is 1. The summed E-state index contributed by atoms with van der Waals surface area (Å²) < 4.78 is 0.